The zero-order chi connectivity index (χ0) is 25.8. The Morgan fingerprint density at radius 2 is 1.78 bits per heavy atom. The molecule has 36 heavy (non-hydrogen) atoms. The van der Waals surface area contributed by atoms with Crippen molar-refractivity contribution < 1.29 is 35.5 Å². The first-order valence-electron chi connectivity index (χ1n) is 11.2. The van der Waals surface area contributed by atoms with Gasteiger partial charge in [0.2, 0.25) is 5.95 Å². The lowest BCUT2D eigenvalue weighted by Gasteiger charge is -2.39. The van der Waals surface area contributed by atoms with Crippen LogP contribution in [0.5, 0.6) is 5.75 Å². The van der Waals surface area contributed by atoms with Gasteiger partial charge in [0, 0.05) is 24.8 Å². The molecule has 0 radical (unpaired) electrons. The monoisotopic (exact) mass is 518 g/mol. The van der Waals surface area contributed by atoms with Gasteiger partial charge in [0.1, 0.15) is 5.69 Å². The maximum Gasteiger partial charge on any atom is 0.433 e. The smallest absolute Gasteiger partial charge is 0.433 e. The first kappa shape index (κ1) is 24.4. The summed E-state index contributed by atoms with van der Waals surface area (Å²) in [6.07, 6.45) is -6.70. The van der Waals surface area contributed by atoms with Crippen LogP contribution in [0.15, 0.2) is 24.4 Å². The number of pyridine rings is 2. The van der Waals surface area contributed by atoms with Crippen molar-refractivity contribution in [2.45, 2.75) is 38.2 Å². The number of rotatable bonds is 5. The molecule has 2 bridgehead atoms. The highest BCUT2D eigenvalue weighted by molar-refractivity contribution is 5.57. The highest BCUT2D eigenvalue weighted by Gasteiger charge is 2.43. The molecule has 7 nitrogen and oxygen atoms in total. The Morgan fingerprint density at radius 3 is 2.42 bits per heavy atom. The number of hydrogen-bond acceptors (Lipinski definition) is 6. The molecule has 0 spiro atoms. The molecule has 3 aromatic heterocycles. The SMILES string of the molecule is Cc1cc(N2C[C@H]3CC[C@@H](C2)C3Nc2nc3c(OCC(F)(F)F)ccc(C(F)(F)F)n3n2)c(F)cn1. The van der Waals surface area contributed by atoms with E-state index in [1.54, 1.807) is 13.0 Å². The summed E-state index contributed by atoms with van der Waals surface area (Å²) in [5.41, 5.74) is -0.545. The number of nitrogens with one attached hydrogen (secondary N) is 1. The van der Waals surface area contributed by atoms with Gasteiger partial charge in [-0.25, -0.2) is 8.91 Å². The molecule has 1 aliphatic heterocycles. The molecular weight excluding hydrogens is 497 g/mol. The van der Waals surface area contributed by atoms with Crippen LogP contribution in [0.4, 0.5) is 42.4 Å². The number of alkyl halides is 6. The highest BCUT2D eigenvalue weighted by Crippen LogP contribution is 2.41. The van der Waals surface area contributed by atoms with E-state index in [1.165, 1.54) is 6.20 Å². The molecular formula is C22H21F7N6O. The van der Waals surface area contributed by atoms with Gasteiger partial charge in [0.15, 0.2) is 23.8 Å². The van der Waals surface area contributed by atoms with Gasteiger partial charge < -0.3 is 15.0 Å². The van der Waals surface area contributed by atoms with E-state index in [-0.39, 0.29) is 23.8 Å². The second kappa shape index (κ2) is 8.66. The van der Waals surface area contributed by atoms with Gasteiger partial charge in [-0.3, -0.25) is 4.98 Å². The summed E-state index contributed by atoms with van der Waals surface area (Å²) in [6.45, 7) is 1.10. The molecule has 3 atom stereocenters. The lowest BCUT2D eigenvalue weighted by Crippen LogP contribution is -2.48. The topological polar surface area (TPSA) is 67.6 Å². The van der Waals surface area contributed by atoms with Crippen molar-refractivity contribution in [3.63, 3.8) is 0 Å². The average molecular weight is 518 g/mol. The summed E-state index contributed by atoms with van der Waals surface area (Å²) in [5.74, 6) is -0.982. The van der Waals surface area contributed by atoms with Gasteiger partial charge >= 0.3 is 12.4 Å². The number of ether oxygens (including phenoxy) is 1. The van der Waals surface area contributed by atoms with Gasteiger partial charge in [-0.2, -0.15) is 31.3 Å². The molecule has 1 unspecified atom stereocenters. The molecule has 2 fully saturated rings. The van der Waals surface area contributed by atoms with Crippen LogP contribution in [-0.4, -0.2) is 51.5 Å². The minimum absolute atomic E-state index is 0.0336. The number of nitrogens with zero attached hydrogens (tertiary/aromatic N) is 5. The molecule has 1 aliphatic carbocycles. The van der Waals surface area contributed by atoms with E-state index in [1.807, 2.05) is 4.90 Å². The lowest BCUT2D eigenvalue weighted by atomic mass is 9.92. The Bertz CT molecular complexity index is 1260. The molecule has 14 heteroatoms. The van der Waals surface area contributed by atoms with Gasteiger partial charge in [0.25, 0.3) is 0 Å². The number of halogens is 7. The largest absolute Gasteiger partial charge is 0.480 e. The summed E-state index contributed by atoms with van der Waals surface area (Å²) in [4.78, 5) is 9.94. The lowest BCUT2D eigenvalue weighted by molar-refractivity contribution is -0.153. The maximum atomic E-state index is 14.4. The second-order valence-corrected chi connectivity index (χ2v) is 9.10. The van der Waals surface area contributed by atoms with Crippen molar-refractivity contribution in [3.05, 3.63) is 41.6 Å². The fraction of sp³-hybridized carbons (Fsp3) is 0.500. The van der Waals surface area contributed by atoms with Crippen LogP contribution in [0.2, 0.25) is 0 Å². The minimum Gasteiger partial charge on any atom is -0.480 e. The number of fused-ring (bicyclic) bond motifs is 3. The van der Waals surface area contributed by atoms with E-state index in [4.69, 9.17) is 4.74 Å². The van der Waals surface area contributed by atoms with E-state index in [0.29, 0.717) is 35.1 Å². The summed E-state index contributed by atoms with van der Waals surface area (Å²) < 4.78 is 98.0. The van der Waals surface area contributed by atoms with E-state index >= 15 is 0 Å². The third-order valence-corrected chi connectivity index (χ3v) is 6.57. The molecule has 3 aromatic rings. The van der Waals surface area contributed by atoms with Crippen molar-refractivity contribution in [2.24, 2.45) is 11.8 Å². The predicted octanol–water partition coefficient (Wildman–Crippen LogP) is 4.86. The Kier molecular flexibility index (Phi) is 5.86. The normalized spacial score (nSPS) is 22.3. The van der Waals surface area contributed by atoms with Crippen molar-refractivity contribution in [1.29, 1.82) is 0 Å². The summed E-state index contributed by atoms with van der Waals surface area (Å²) in [7, 11) is 0. The van der Waals surface area contributed by atoms with Crippen LogP contribution in [-0.2, 0) is 6.18 Å². The number of piperidine rings is 1. The van der Waals surface area contributed by atoms with Gasteiger partial charge in [-0.1, -0.05) is 0 Å². The van der Waals surface area contributed by atoms with E-state index in [9.17, 15) is 30.7 Å². The van der Waals surface area contributed by atoms with Crippen LogP contribution < -0.4 is 15.0 Å². The number of aromatic nitrogens is 4. The second-order valence-electron chi connectivity index (χ2n) is 9.10. The average Bonchev–Trinajstić information content (AvgIpc) is 3.29. The number of aryl methyl sites for hydroxylation is 1. The first-order chi connectivity index (χ1) is 16.9. The molecule has 4 heterocycles. The molecule has 0 amide bonds. The van der Waals surface area contributed by atoms with Gasteiger partial charge in [-0.05, 0) is 49.8 Å². The fourth-order valence-electron chi connectivity index (χ4n) is 5.06. The molecule has 1 saturated heterocycles. The van der Waals surface area contributed by atoms with Crippen LogP contribution in [0.25, 0.3) is 5.65 Å². The van der Waals surface area contributed by atoms with Gasteiger partial charge in [0.05, 0.1) is 11.9 Å². The Morgan fingerprint density at radius 1 is 1.08 bits per heavy atom. The standard InChI is InChI=1S/C22H21F7N6O/c1-11-6-15(14(23)7-30-11)34-8-12-2-3-13(9-34)18(12)31-20-32-19-16(36-10-21(24,25)26)4-5-17(22(27,28)29)35(19)33-20/h4-7,12-13,18H,2-3,8-10H2,1H3,(H,31,33)/t12-,13+,18?. The zero-order valence-electron chi connectivity index (χ0n) is 18.9. The van der Waals surface area contributed by atoms with E-state index in [0.717, 1.165) is 18.9 Å². The predicted molar refractivity (Wildman–Crippen MR) is 114 cm³/mol. The quantitative estimate of drug-likeness (QED) is 0.487. The van der Waals surface area contributed by atoms with E-state index in [2.05, 4.69) is 20.4 Å². The third kappa shape index (κ3) is 4.72. The molecule has 5 rings (SSSR count). The van der Waals surface area contributed by atoms with Crippen LogP contribution in [0, 0.1) is 24.6 Å². The molecule has 1 N–H and O–H groups in total. The Balaban J connectivity index is 1.41. The molecule has 0 aromatic carbocycles. The van der Waals surface area contributed by atoms with Crippen molar-refractivity contribution in [1.82, 2.24) is 19.6 Å². The fourth-order valence-corrected chi connectivity index (χ4v) is 5.06. The van der Waals surface area contributed by atoms with Crippen molar-refractivity contribution >= 4 is 17.3 Å². The number of anilines is 2. The molecule has 2 aliphatic rings. The van der Waals surface area contributed by atoms with Crippen LogP contribution >= 0.6 is 0 Å². The minimum atomic E-state index is -4.82. The zero-order valence-corrected chi connectivity index (χ0v) is 18.9. The first-order valence-corrected chi connectivity index (χ1v) is 11.2. The Labute approximate surface area is 200 Å². The van der Waals surface area contributed by atoms with Gasteiger partial charge in [-0.15, -0.1) is 5.10 Å². The Hall–Kier alpha value is -3.32. The molecule has 194 valence electrons. The molecule has 1 saturated carbocycles. The van der Waals surface area contributed by atoms with E-state index < -0.39 is 41.9 Å². The van der Waals surface area contributed by atoms with Crippen LogP contribution in [0.1, 0.15) is 24.2 Å². The third-order valence-electron chi connectivity index (χ3n) is 6.57. The maximum absolute atomic E-state index is 14.4. The number of hydrogen-bond donors (Lipinski definition) is 1. The highest BCUT2D eigenvalue weighted by atomic mass is 19.4. The summed E-state index contributed by atoms with van der Waals surface area (Å²) >= 11 is 0. The summed E-state index contributed by atoms with van der Waals surface area (Å²) in [6, 6.07) is 2.88. The van der Waals surface area contributed by atoms with Crippen LogP contribution in [0.3, 0.4) is 0 Å². The summed E-state index contributed by atoms with van der Waals surface area (Å²) in [5, 5.41) is 7.00. The van der Waals surface area contributed by atoms with Crippen molar-refractivity contribution in [2.75, 3.05) is 29.9 Å². The van der Waals surface area contributed by atoms with Crippen molar-refractivity contribution in [3.8, 4) is 5.75 Å².